The molecule has 0 aromatic rings. The molecule has 0 heterocycles. The fraction of sp³-hybridized carbons (Fsp3) is 0.773. The molecule has 0 N–H and O–H groups in total. The quantitative estimate of drug-likeness (QED) is 0.104. The summed E-state index contributed by atoms with van der Waals surface area (Å²) in [6, 6.07) is 0. The van der Waals surface area contributed by atoms with E-state index < -0.39 is 7.25 Å². The summed E-state index contributed by atoms with van der Waals surface area (Å²) < 4.78 is 39.0. The Morgan fingerprint density at radius 3 is 1.07 bits per heavy atom. The maximum atomic E-state index is 9.75. The minimum atomic E-state index is -6.00. The van der Waals surface area contributed by atoms with Crippen molar-refractivity contribution in [1.29, 1.82) is 0 Å². The zero-order chi connectivity index (χ0) is 23.7. The average Bonchev–Trinajstić information content (AvgIpc) is 2.39. The zero-order valence-corrected chi connectivity index (χ0v) is 24.2. The molecule has 1 rings (SSSR count). The van der Waals surface area contributed by atoms with Gasteiger partial charge in [-0.15, -0.1) is 8.58 Å². The largest absolute Gasteiger partial charge is 0.673 e. The van der Waals surface area contributed by atoms with E-state index in [-0.39, 0.29) is 27.4 Å². The van der Waals surface area contributed by atoms with E-state index in [2.05, 4.69) is 93.3 Å². The van der Waals surface area contributed by atoms with Crippen molar-refractivity contribution in [1.82, 2.24) is 0 Å². The molecule has 185 valence electrons. The molecule has 0 spiro atoms. The van der Waals surface area contributed by atoms with Crippen LogP contribution in [0.4, 0.5) is 17.3 Å². The van der Waals surface area contributed by atoms with E-state index in [1.54, 1.807) is 0 Å². The summed E-state index contributed by atoms with van der Waals surface area (Å²) in [6.45, 7) is 22.9. The minimum absolute atomic E-state index is 0. The molecule has 1 aliphatic carbocycles. The van der Waals surface area contributed by atoms with Gasteiger partial charge in [-0.25, -0.2) is 0 Å². The van der Waals surface area contributed by atoms with Gasteiger partial charge in [-0.3, -0.25) is 0 Å². The van der Waals surface area contributed by atoms with Crippen LogP contribution < -0.4 is 0 Å². The summed E-state index contributed by atoms with van der Waals surface area (Å²) in [4.78, 5) is 0. The smallest absolute Gasteiger partial charge is 0.418 e. The first-order valence-corrected chi connectivity index (χ1v) is 13.5. The van der Waals surface area contributed by atoms with Crippen LogP contribution in [0.25, 0.3) is 0 Å². The van der Waals surface area contributed by atoms with E-state index in [0.717, 1.165) is 8.58 Å². The van der Waals surface area contributed by atoms with Gasteiger partial charge < -0.3 is 23.2 Å². The molecule has 0 bridgehead atoms. The molecule has 1 aliphatic rings. The molecule has 1 atom stereocenters. The van der Waals surface area contributed by atoms with Crippen LogP contribution in [0.5, 0.6) is 0 Å². The van der Waals surface area contributed by atoms with Crippen LogP contribution >= 0.6 is 16.5 Å². The Morgan fingerprint density at radius 1 is 0.767 bits per heavy atom. The van der Waals surface area contributed by atoms with E-state index in [0.29, 0.717) is 10.3 Å². The third kappa shape index (κ3) is 39.2. The molecular formula is C22H45BF4P2Rh-2. The molecule has 30 heavy (non-hydrogen) atoms. The molecule has 0 amide bonds. The van der Waals surface area contributed by atoms with Gasteiger partial charge in [0.1, 0.15) is 0 Å². The fourth-order valence-electron chi connectivity index (χ4n) is 2.49. The standard InChI is InChI=1S/C10H24P2.C8H12.C4H9.BF4.Rh/c1-9(2,3)12(8-11-7)10(4,5)6;1-2-4-6-8-7-5-3-1;1-4(2)3;2-1(3,4)5;/h11H,8H2,1-7H3;1-2,7-8H,3-6H2;1-3H3;;/q;;2*-1;/b;2-1-,8-7-;;;. The van der Waals surface area contributed by atoms with Gasteiger partial charge in [-0.05, 0) is 48.6 Å². The summed E-state index contributed by atoms with van der Waals surface area (Å²) in [5.74, 6) is 2.86. The summed E-state index contributed by atoms with van der Waals surface area (Å²) in [5, 5.41) is 1.05. The van der Waals surface area contributed by atoms with Crippen LogP contribution in [0.1, 0.15) is 88.0 Å². The molecule has 1 radical (unpaired) electrons. The second-order valence-corrected chi connectivity index (χ2v) is 14.9. The maximum Gasteiger partial charge on any atom is 0.673 e. The Bertz CT molecular complexity index is 378. The zero-order valence-electron chi connectivity index (χ0n) is 20.7. The van der Waals surface area contributed by atoms with Gasteiger partial charge in [0.15, 0.2) is 0 Å². The van der Waals surface area contributed by atoms with Gasteiger partial charge >= 0.3 is 7.25 Å². The Balaban J connectivity index is -0.000000163. The molecule has 0 saturated heterocycles. The Morgan fingerprint density at radius 2 is 0.967 bits per heavy atom. The molecule has 8 heteroatoms. The van der Waals surface area contributed by atoms with Crippen LogP contribution in [-0.4, -0.2) is 30.1 Å². The predicted molar refractivity (Wildman–Crippen MR) is 133 cm³/mol. The maximum absolute atomic E-state index is 9.75. The van der Waals surface area contributed by atoms with Crippen LogP contribution in [0, 0.1) is 5.92 Å². The second kappa shape index (κ2) is 20.4. The summed E-state index contributed by atoms with van der Waals surface area (Å²) in [5.41, 5.74) is 0. The van der Waals surface area contributed by atoms with Crippen molar-refractivity contribution in [3.05, 3.63) is 30.2 Å². The van der Waals surface area contributed by atoms with Gasteiger partial charge in [0.2, 0.25) is 0 Å². The van der Waals surface area contributed by atoms with Gasteiger partial charge in [-0.1, -0.05) is 73.8 Å². The van der Waals surface area contributed by atoms with Crippen molar-refractivity contribution in [2.45, 2.75) is 98.3 Å². The summed E-state index contributed by atoms with van der Waals surface area (Å²) in [7, 11) is -4.72. The molecular weight excluding hydrogens is 516 g/mol. The van der Waals surface area contributed by atoms with E-state index in [1.807, 2.05) is 0 Å². The SMILES string of the molecule is C1=C\CC/C=C\CC/1.CPCP(C(C)(C)C)C(C)(C)C.C[C-](C)C.F[B-](F)(F)F.[Rh]. The monoisotopic (exact) mass is 561 g/mol. The van der Waals surface area contributed by atoms with Crippen molar-refractivity contribution < 1.29 is 36.7 Å². The fourth-order valence-corrected chi connectivity index (χ4v) is 9.57. The van der Waals surface area contributed by atoms with Crippen molar-refractivity contribution >= 4 is 23.8 Å². The number of hydrogen-bond donors (Lipinski definition) is 0. The second-order valence-electron chi connectivity index (χ2n) is 9.37. The number of rotatable bonds is 2. The van der Waals surface area contributed by atoms with Gasteiger partial charge in [0.05, 0.1) is 0 Å². The summed E-state index contributed by atoms with van der Waals surface area (Å²) in [6.07, 6.45) is 14.0. The third-order valence-electron chi connectivity index (χ3n) is 3.27. The van der Waals surface area contributed by atoms with Gasteiger partial charge in [-0.2, -0.15) is 20.8 Å². The van der Waals surface area contributed by atoms with Crippen molar-refractivity contribution in [2.75, 3.05) is 12.6 Å². The molecule has 0 nitrogen and oxygen atoms in total. The minimum Gasteiger partial charge on any atom is -0.418 e. The first kappa shape index (κ1) is 38.0. The normalized spacial score (nSPS) is 16.7. The van der Waals surface area contributed by atoms with Crippen molar-refractivity contribution in [3.63, 3.8) is 0 Å². The van der Waals surface area contributed by atoms with E-state index in [9.17, 15) is 17.3 Å². The molecule has 0 fully saturated rings. The first-order valence-electron chi connectivity index (χ1n) is 10.3. The van der Waals surface area contributed by atoms with E-state index >= 15 is 0 Å². The van der Waals surface area contributed by atoms with Crippen molar-refractivity contribution in [3.8, 4) is 0 Å². The number of allylic oxidation sites excluding steroid dienone is 4. The summed E-state index contributed by atoms with van der Waals surface area (Å²) >= 11 is 0. The molecule has 1 unspecified atom stereocenters. The van der Waals surface area contributed by atoms with Crippen LogP contribution in [0.2, 0.25) is 0 Å². The Kier molecular flexibility index (Phi) is 25.8. The third-order valence-corrected chi connectivity index (χ3v) is 9.04. The predicted octanol–water partition coefficient (Wildman–Crippen LogP) is 9.92. The van der Waals surface area contributed by atoms with E-state index in [4.69, 9.17) is 0 Å². The van der Waals surface area contributed by atoms with Crippen LogP contribution in [-0.2, 0) is 19.5 Å². The first-order chi connectivity index (χ1) is 12.9. The van der Waals surface area contributed by atoms with Gasteiger partial charge in [0, 0.05) is 19.5 Å². The Hall–Kier alpha value is 0.748. The van der Waals surface area contributed by atoms with Gasteiger partial charge in [0.25, 0.3) is 0 Å². The molecule has 0 aliphatic heterocycles. The van der Waals surface area contributed by atoms with E-state index in [1.165, 1.54) is 37.5 Å². The van der Waals surface area contributed by atoms with Crippen LogP contribution in [0.3, 0.4) is 0 Å². The number of hydrogen-bond acceptors (Lipinski definition) is 0. The average molecular weight is 561 g/mol. The molecule has 0 aromatic heterocycles. The number of halogens is 4. The topological polar surface area (TPSA) is 0 Å². The van der Waals surface area contributed by atoms with Crippen LogP contribution in [0.15, 0.2) is 24.3 Å². The Labute approximate surface area is 201 Å². The van der Waals surface area contributed by atoms with Crippen molar-refractivity contribution in [2.24, 2.45) is 0 Å². The molecule has 0 saturated carbocycles. The molecule has 0 aromatic carbocycles.